The smallest absolute Gasteiger partial charge is 0.257 e. The molecule has 2 aromatic rings. The molecule has 0 aliphatic carbocycles. The first kappa shape index (κ1) is 23.6. The van der Waals surface area contributed by atoms with Crippen LogP contribution < -0.4 is 9.46 Å². The molecule has 0 radical (unpaired) electrons. The van der Waals surface area contributed by atoms with E-state index in [2.05, 4.69) is 4.72 Å². The number of halogens is 1. The van der Waals surface area contributed by atoms with Crippen LogP contribution in [0.3, 0.4) is 0 Å². The average Bonchev–Trinajstić information content (AvgIpc) is 3.06. The Labute approximate surface area is 189 Å². The highest BCUT2D eigenvalue weighted by Crippen LogP contribution is 2.25. The molecule has 31 heavy (non-hydrogen) atoms. The molecule has 1 saturated heterocycles. The quantitative estimate of drug-likeness (QED) is 0.592. The molecular formula is C23H29ClN2O4S. The maximum Gasteiger partial charge on any atom is 0.257 e. The number of carbonyl (C=O) groups excluding carboxylic acids is 1. The summed E-state index contributed by atoms with van der Waals surface area (Å²) < 4.78 is 33.6. The van der Waals surface area contributed by atoms with E-state index in [-0.39, 0.29) is 16.4 Å². The first-order valence-corrected chi connectivity index (χ1v) is 12.5. The third-order valence-corrected chi connectivity index (χ3v) is 7.16. The Kier molecular flexibility index (Phi) is 8.35. The van der Waals surface area contributed by atoms with E-state index >= 15 is 0 Å². The minimum atomic E-state index is -3.74. The van der Waals surface area contributed by atoms with Gasteiger partial charge in [-0.3, -0.25) is 4.79 Å². The van der Waals surface area contributed by atoms with Gasteiger partial charge in [-0.25, -0.2) is 13.1 Å². The molecule has 3 rings (SSSR count). The van der Waals surface area contributed by atoms with Gasteiger partial charge in [-0.1, -0.05) is 36.6 Å². The minimum Gasteiger partial charge on any atom is -0.496 e. The van der Waals surface area contributed by atoms with Gasteiger partial charge in [0.1, 0.15) is 5.75 Å². The number of nitrogens with one attached hydrogen (secondary N) is 1. The number of benzene rings is 2. The fourth-order valence-electron chi connectivity index (χ4n) is 3.70. The van der Waals surface area contributed by atoms with Crippen molar-refractivity contribution in [1.29, 1.82) is 0 Å². The van der Waals surface area contributed by atoms with Crippen LogP contribution in [0.5, 0.6) is 5.75 Å². The van der Waals surface area contributed by atoms with Crippen LogP contribution in [0.1, 0.15) is 48.0 Å². The first-order valence-electron chi connectivity index (χ1n) is 10.6. The Morgan fingerprint density at radius 2 is 1.74 bits per heavy atom. The molecule has 0 atom stereocenters. The molecular weight excluding hydrogens is 436 g/mol. The van der Waals surface area contributed by atoms with Crippen molar-refractivity contribution in [2.75, 3.05) is 26.7 Å². The predicted molar refractivity (Wildman–Crippen MR) is 122 cm³/mol. The second kappa shape index (κ2) is 11.0. The molecule has 0 unspecified atom stereocenters. The normalized spacial score (nSPS) is 14.8. The van der Waals surface area contributed by atoms with E-state index in [1.807, 2.05) is 24.3 Å². The highest BCUT2D eigenvalue weighted by atomic mass is 35.5. The second-order valence-electron chi connectivity index (χ2n) is 7.70. The van der Waals surface area contributed by atoms with Gasteiger partial charge in [-0.2, -0.15) is 0 Å². The number of sulfonamides is 1. The lowest BCUT2D eigenvalue weighted by Gasteiger charge is -2.22. The van der Waals surface area contributed by atoms with Crippen molar-refractivity contribution in [3.05, 3.63) is 58.6 Å². The summed E-state index contributed by atoms with van der Waals surface area (Å²) in [6.45, 7) is 1.66. The molecule has 1 heterocycles. The van der Waals surface area contributed by atoms with Gasteiger partial charge < -0.3 is 9.64 Å². The van der Waals surface area contributed by atoms with Crippen molar-refractivity contribution >= 4 is 27.5 Å². The lowest BCUT2D eigenvalue weighted by Crippen LogP contribution is -2.32. The summed E-state index contributed by atoms with van der Waals surface area (Å²) in [5.74, 6) is 0.203. The largest absolute Gasteiger partial charge is 0.496 e. The van der Waals surface area contributed by atoms with Crippen LogP contribution in [0.4, 0.5) is 0 Å². The fourth-order valence-corrected chi connectivity index (χ4v) is 4.92. The number of rotatable bonds is 8. The van der Waals surface area contributed by atoms with Crippen LogP contribution in [0.25, 0.3) is 0 Å². The molecule has 1 aliphatic heterocycles. The summed E-state index contributed by atoms with van der Waals surface area (Å²) in [6, 6.07) is 11.9. The van der Waals surface area contributed by atoms with Crippen LogP contribution in [-0.4, -0.2) is 46.0 Å². The van der Waals surface area contributed by atoms with Gasteiger partial charge in [0.25, 0.3) is 5.91 Å². The molecule has 0 spiro atoms. The summed E-state index contributed by atoms with van der Waals surface area (Å²) in [7, 11) is -2.25. The van der Waals surface area contributed by atoms with Gasteiger partial charge in [0, 0.05) is 24.7 Å². The van der Waals surface area contributed by atoms with E-state index in [4.69, 9.17) is 16.3 Å². The summed E-state index contributed by atoms with van der Waals surface area (Å²) >= 11 is 5.89. The average molecular weight is 465 g/mol. The van der Waals surface area contributed by atoms with Crippen molar-refractivity contribution in [2.45, 2.75) is 43.4 Å². The number of hydrogen-bond acceptors (Lipinski definition) is 4. The molecule has 6 nitrogen and oxygen atoms in total. The number of carbonyl (C=O) groups is 1. The Morgan fingerprint density at radius 3 is 2.39 bits per heavy atom. The van der Waals surface area contributed by atoms with Crippen LogP contribution in [0.15, 0.2) is 47.4 Å². The molecule has 1 fully saturated rings. The number of ether oxygens (including phenoxy) is 1. The standard InChI is InChI=1S/C23H29ClN2O4S/c1-30-22-13-12-20(17-21(22)23(27)26-15-4-2-3-5-16-26)31(28,29)25-14-6-7-18-8-10-19(24)11-9-18/h8-13,17,25H,2-7,14-16H2,1H3. The zero-order valence-electron chi connectivity index (χ0n) is 17.8. The van der Waals surface area contributed by atoms with E-state index in [9.17, 15) is 13.2 Å². The third kappa shape index (κ3) is 6.45. The molecule has 0 bridgehead atoms. The number of hydrogen-bond donors (Lipinski definition) is 1. The first-order chi connectivity index (χ1) is 14.9. The molecule has 0 aromatic heterocycles. The third-order valence-electron chi connectivity index (χ3n) is 5.45. The van der Waals surface area contributed by atoms with Gasteiger partial charge in [-0.05, 0) is 61.6 Å². The molecule has 2 aromatic carbocycles. The van der Waals surface area contributed by atoms with Gasteiger partial charge in [0.05, 0.1) is 17.6 Å². The molecule has 1 amide bonds. The second-order valence-corrected chi connectivity index (χ2v) is 9.90. The van der Waals surface area contributed by atoms with Crippen LogP contribution in [0.2, 0.25) is 5.02 Å². The monoisotopic (exact) mass is 464 g/mol. The lowest BCUT2D eigenvalue weighted by molar-refractivity contribution is 0.0758. The predicted octanol–water partition coefficient (Wildman–Crippen LogP) is 4.28. The van der Waals surface area contributed by atoms with Crippen LogP contribution in [0, 0.1) is 0 Å². The maximum atomic E-state index is 13.1. The highest BCUT2D eigenvalue weighted by Gasteiger charge is 2.24. The molecule has 168 valence electrons. The summed E-state index contributed by atoms with van der Waals surface area (Å²) in [5, 5.41) is 0.675. The SMILES string of the molecule is COc1ccc(S(=O)(=O)NCCCc2ccc(Cl)cc2)cc1C(=O)N1CCCCCC1. The lowest BCUT2D eigenvalue weighted by atomic mass is 10.1. The van der Waals surface area contributed by atoms with Crippen molar-refractivity contribution in [1.82, 2.24) is 9.62 Å². The number of aryl methyl sites for hydroxylation is 1. The topological polar surface area (TPSA) is 75.7 Å². The Hall–Kier alpha value is -2.09. The van der Waals surface area contributed by atoms with Gasteiger partial charge >= 0.3 is 0 Å². The van der Waals surface area contributed by atoms with Gasteiger partial charge in [0.15, 0.2) is 0 Å². The van der Waals surface area contributed by atoms with Crippen molar-refractivity contribution in [3.63, 3.8) is 0 Å². The number of likely N-dealkylation sites (tertiary alicyclic amines) is 1. The van der Waals surface area contributed by atoms with Crippen LogP contribution in [-0.2, 0) is 16.4 Å². The zero-order valence-corrected chi connectivity index (χ0v) is 19.3. The van der Waals surface area contributed by atoms with Crippen LogP contribution >= 0.6 is 11.6 Å². The molecule has 8 heteroatoms. The Morgan fingerprint density at radius 1 is 1.06 bits per heavy atom. The Balaban J connectivity index is 1.68. The van der Waals surface area contributed by atoms with Crippen molar-refractivity contribution < 1.29 is 17.9 Å². The fraction of sp³-hybridized carbons (Fsp3) is 0.435. The number of methoxy groups -OCH3 is 1. The minimum absolute atomic E-state index is 0.0676. The highest BCUT2D eigenvalue weighted by molar-refractivity contribution is 7.89. The van der Waals surface area contributed by atoms with Gasteiger partial charge in [0.2, 0.25) is 10.0 Å². The van der Waals surface area contributed by atoms with E-state index in [1.54, 1.807) is 11.0 Å². The molecule has 1 aliphatic rings. The molecule has 0 saturated carbocycles. The summed E-state index contributed by atoms with van der Waals surface area (Å²) in [6.07, 6.45) is 5.52. The van der Waals surface area contributed by atoms with Crippen molar-refractivity contribution in [2.24, 2.45) is 0 Å². The molecule has 1 N–H and O–H groups in total. The van der Waals surface area contributed by atoms with E-state index in [1.165, 1.54) is 19.2 Å². The summed E-state index contributed by atoms with van der Waals surface area (Å²) in [5.41, 5.74) is 1.38. The number of nitrogens with zero attached hydrogens (tertiary/aromatic N) is 1. The van der Waals surface area contributed by atoms with Gasteiger partial charge in [-0.15, -0.1) is 0 Å². The zero-order chi connectivity index (χ0) is 22.3. The number of amides is 1. The van der Waals surface area contributed by atoms with E-state index in [0.717, 1.165) is 37.7 Å². The van der Waals surface area contributed by atoms with Crippen molar-refractivity contribution in [3.8, 4) is 5.75 Å². The maximum absolute atomic E-state index is 13.1. The van der Waals surface area contributed by atoms with E-state index < -0.39 is 10.0 Å². The Bertz CT molecular complexity index is 985. The van der Waals surface area contributed by atoms with E-state index in [0.29, 0.717) is 36.8 Å². The summed E-state index contributed by atoms with van der Waals surface area (Å²) in [4.78, 5) is 14.9.